The van der Waals surface area contributed by atoms with E-state index in [1.54, 1.807) is 4.90 Å². The van der Waals surface area contributed by atoms with E-state index in [4.69, 9.17) is 27.9 Å². The molecule has 6 heteroatoms. The van der Waals surface area contributed by atoms with Gasteiger partial charge in [-0.3, -0.25) is 0 Å². The largest absolute Gasteiger partial charge is 0.444 e. The Morgan fingerprint density at radius 2 is 1.76 bits per heavy atom. The van der Waals surface area contributed by atoms with E-state index < -0.39 is 5.60 Å². The van der Waals surface area contributed by atoms with E-state index in [9.17, 15) is 4.79 Å². The summed E-state index contributed by atoms with van der Waals surface area (Å²) in [7, 11) is 0. The lowest BCUT2D eigenvalue weighted by Crippen LogP contribution is -2.36. The zero-order valence-electron chi connectivity index (χ0n) is 12.3. The van der Waals surface area contributed by atoms with Crippen LogP contribution in [0.3, 0.4) is 0 Å². The average Bonchev–Trinajstić information content (AvgIpc) is 2.81. The first-order chi connectivity index (χ1) is 9.74. The van der Waals surface area contributed by atoms with Crippen LogP contribution < -0.4 is 0 Å². The number of rotatable bonds is 1. The Bertz CT molecular complexity index is 553. The molecule has 2 fully saturated rings. The zero-order valence-corrected chi connectivity index (χ0v) is 13.8. The Morgan fingerprint density at radius 3 is 2.24 bits per heavy atom. The highest BCUT2D eigenvalue weighted by atomic mass is 35.5. The van der Waals surface area contributed by atoms with Crippen LogP contribution in [0.4, 0.5) is 4.79 Å². The van der Waals surface area contributed by atoms with Crippen LogP contribution in [0.25, 0.3) is 0 Å². The van der Waals surface area contributed by atoms with Crippen molar-refractivity contribution >= 4 is 29.3 Å². The van der Waals surface area contributed by atoms with Gasteiger partial charge in [-0.25, -0.2) is 9.78 Å². The summed E-state index contributed by atoms with van der Waals surface area (Å²) in [5.74, 6) is 1.39. The minimum atomic E-state index is -0.449. The smallest absolute Gasteiger partial charge is 0.410 e. The second kappa shape index (κ2) is 5.03. The lowest BCUT2D eigenvalue weighted by molar-refractivity contribution is 0.0271. The molecule has 0 spiro atoms. The van der Waals surface area contributed by atoms with Crippen molar-refractivity contribution in [1.82, 2.24) is 9.88 Å². The third-order valence-corrected chi connectivity index (χ3v) is 4.40. The molecule has 1 aromatic heterocycles. The molecule has 1 amide bonds. The van der Waals surface area contributed by atoms with Gasteiger partial charge in [0.25, 0.3) is 0 Å². The summed E-state index contributed by atoms with van der Waals surface area (Å²) in [5, 5.41) is 0.845. The highest BCUT2D eigenvalue weighted by Gasteiger charge is 2.57. The Hall–Kier alpha value is -1.00. The molecule has 2 heterocycles. The number of hydrogen-bond acceptors (Lipinski definition) is 3. The van der Waals surface area contributed by atoms with E-state index >= 15 is 0 Å². The van der Waals surface area contributed by atoms with Gasteiger partial charge in [0.1, 0.15) is 15.9 Å². The van der Waals surface area contributed by atoms with E-state index in [1.165, 1.54) is 0 Å². The van der Waals surface area contributed by atoms with Gasteiger partial charge in [-0.2, -0.15) is 0 Å². The molecule has 4 nitrogen and oxygen atoms in total. The molecule has 1 saturated carbocycles. The molecule has 3 atom stereocenters. The number of nitrogens with zero attached hydrogens (tertiary/aromatic N) is 2. The fraction of sp³-hybridized carbons (Fsp3) is 0.600. The molecule has 1 saturated heterocycles. The summed E-state index contributed by atoms with van der Waals surface area (Å²) >= 11 is 11.9. The van der Waals surface area contributed by atoms with Crippen molar-refractivity contribution < 1.29 is 9.53 Å². The number of fused-ring (bicyclic) bond motifs is 1. The van der Waals surface area contributed by atoms with Crippen LogP contribution in [-0.4, -0.2) is 34.7 Å². The molecule has 3 rings (SSSR count). The lowest BCUT2D eigenvalue weighted by atomic mass is 10.1. The fourth-order valence-corrected chi connectivity index (χ4v) is 3.65. The van der Waals surface area contributed by atoms with Gasteiger partial charge in [-0.05, 0) is 56.2 Å². The number of carbonyl (C=O) groups is 1. The van der Waals surface area contributed by atoms with E-state index in [-0.39, 0.29) is 6.09 Å². The van der Waals surface area contributed by atoms with Gasteiger partial charge in [0.2, 0.25) is 0 Å². The number of halogens is 2. The van der Waals surface area contributed by atoms with Crippen LogP contribution in [0.5, 0.6) is 0 Å². The molecular formula is C15H18Cl2N2O2. The number of aromatic nitrogens is 1. The summed E-state index contributed by atoms with van der Waals surface area (Å²) in [5.41, 5.74) is 0.675. The van der Waals surface area contributed by atoms with E-state index in [2.05, 4.69) is 4.98 Å². The molecule has 1 aliphatic heterocycles. The normalized spacial score (nSPS) is 27.5. The van der Waals surface area contributed by atoms with Gasteiger partial charge in [-0.1, -0.05) is 23.2 Å². The topological polar surface area (TPSA) is 42.4 Å². The number of ether oxygens (including phenoxy) is 1. The van der Waals surface area contributed by atoms with E-state index in [1.807, 2.05) is 32.9 Å². The number of hydrogen-bond donors (Lipinski definition) is 0. The molecule has 0 N–H and O–H groups in total. The minimum Gasteiger partial charge on any atom is -0.444 e. The zero-order chi connectivity index (χ0) is 15.4. The fourth-order valence-electron chi connectivity index (χ4n) is 3.17. The van der Waals surface area contributed by atoms with Crippen LogP contribution >= 0.6 is 23.2 Å². The van der Waals surface area contributed by atoms with Crippen LogP contribution in [0, 0.1) is 11.8 Å². The number of amides is 1. The van der Waals surface area contributed by atoms with Gasteiger partial charge in [-0.15, -0.1) is 0 Å². The number of piperidine rings is 1. The third kappa shape index (κ3) is 3.11. The molecule has 2 aliphatic rings. The van der Waals surface area contributed by atoms with Gasteiger partial charge in [0.15, 0.2) is 0 Å². The molecule has 1 aromatic rings. The average molecular weight is 329 g/mol. The molecule has 21 heavy (non-hydrogen) atoms. The van der Waals surface area contributed by atoms with Crippen molar-refractivity contribution in [2.75, 3.05) is 13.1 Å². The van der Waals surface area contributed by atoms with Crippen molar-refractivity contribution in [3.8, 4) is 0 Å². The van der Waals surface area contributed by atoms with Crippen LogP contribution in [0.15, 0.2) is 12.1 Å². The lowest BCUT2D eigenvalue weighted by Gasteiger charge is -2.26. The van der Waals surface area contributed by atoms with Crippen LogP contribution in [0.1, 0.15) is 32.3 Å². The SMILES string of the molecule is CC(C)(C)OC(=O)N1C[C@@H]2[C@H](C1)[C@@H]2c1cc(Cl)nc(Cl)c1. The summed E-state index contributed by atoms with van der Waals surface area (Å²) in [6.07, 6.45) is -0.223. The quantitative estimate of drug-likeness (QED) is 0.732. The Morgan fingerprint density at radius 1 is 1.24 bits per heavy atom. The predicted molar refractivity (Wildman–Crippen MR) is 81.8 cm³/mol. The Kier molecular flexibility index (Phi) is 3.57. The van der Waals surface area contributed by atoms with E-state index in [0.717, 1.165) is 18.7 Å². The first-order valence-corrected chi connectivity index (χ1v) is 7.81. The summed E-state index contributed by atoms with van der Waals surface area (Å²) in [6, 6.07) is 3.74. The maximum atomic E-state index is 12.0. The van der Waals surface area contributed by atoms with Crippen molar-refractivity contribution in [3.63, 3.8) is 0 Å². The van der Waals surface area contributed by atoms with Crippen LogP contribution in [-0.2, 0) is 4.74 Å². The second-order valence-corrected chi connectivity index (χ2v) is 7.56. The number of carbonyl (C=O) groups excluding carboxylic acids is 1. The monoisotopic (exact) mass is 328 g/mol. The molecular weight excluding hydrogens is 311 g/mol. The van der Waals surface area contributed by atoms with Crippen molar-refractivity contribution in [1.29, 1.82) is 0 Å². The molecule has 1 aliphatic carbocycles. The first kappa shape index (κ1) is 14.9. The van der Waals surface area contributed by atoms with Crippen molar-refractivity contribution in [2.45, 2.75) is 32.3 Å². The standard InChI is InChI=1S/C15H18Cl2N2O2/c1-15(2,3)21-14(20)19-6-9-10(7-19)13(9)8-4-11(16)18-12(17)5-8/h4-5,9-10,13H,6-7H2,1-3H3/t9-,10+,13-. The highest BCUT2D eigenvalue weighted by Crippen LogP contribution is 2.58. The molecule has 0 unspecified atom stereocenters. The maximum absolute atomic E-state index is 12.0. The number of pyridine rings is 1. The summed E-state index contributed by atoms with van der Waals surface area (Å²) in [6.45, 7) is 7.12. The molecule has 114 valence electrons. The number of likely N-dealkylation sites (tertiary alicyclic amines) is 1. The van der Waals surface area contributed by atoms with Gasteiger partial charge < -0.3 is 9.64 Å². The molecule has 0 bridgehead atoms. The second-order valence-electron chi connectivity index (χ2n) is 6.78. The maximum Gasteiger partial charge on any atom is 0.410 e. The van der Waals surface area contributed by atoms with Gasteiger partial charge in [0.05, 0.1) is 0 Å². The highest BCUT2D eigenvalue weighted by molar-refractivity contribution is 6.32. The summed E-state index contributed by atoms with van der Waals surface area (Å²) in [4.78, 5) is 17.8. The third-order valence-electron chi connectivity index (χ3n) is 4.02. The van der Waals surface area contributed by atoms with Gasteiger partial charge in [0, 0.05) is 13.1 Å². The van der Waals surface area contributed by atoms with Crippen LogP contribution in [0.2, 0.25) is 10.3 Å². The van der Waals surface area contributed by atoms with Crippen molar-refractivity contribution in [3.05, 3.63) is 28.0 Å². The first-order valence-electron chi connectivity index (χ1n) is 7.05. The molecule has 0 aromatic carbocycles. The Balaban J connectivity index is 1.62. The van der Waals surface area contributed by atoms with E-state index in [0.29, 0.717) is 28.1 Å². The van der Waals surface area contributed by atoms with Gasteiger partial charge >= 0.3 is 6.09 Å². The molecule has 0 radical (unpaired) electrons. The summed E-state index contributed by atoms with van der Waals surface area (Å²) < 4.78 is 5.40. The van der Waals surface area contributed by atoms with Crippen molar-refractivity contribution in [2.24, 2.45) is 11.8 Å². The Labute approximate surface area is 134 Å². The minimum absolute atomic E-state index is 0.223. The predicted octanol–water partition coefficient (Wildman–Crippen LogP) is 3.97.